The Balaban J connectivity index is 2.48. The summed E-state index contributed by atoms with van der Waals surface area (Å²) in [5, 5.41) is 9.60. The van der Waals surface area contributed by atoms with Crippen molar-refractivity contribution in [1.29, 1.82) is 0 Å². The minimum Gasteiger partial charge on any atom is -0.481 e. The molecule has 98 valence electrons. The molecule has 1 heterocycles. The first-order valence-corrected chi connectivity index (χ1v) is 6.15. The maximum absolute atomic E-state index is 10.7. The van der Waals surface area contributed by atoms with Crippen molar-refractivity contribution in [2.45, 2.75) is 6.42 Å². The Hall–Kier alpha value is -1.78. The van der Waals surface area contributed by atoms with Gasteiger partial charge < -0.3 is 10.8 Å². The Morgan fingerprint density at radius 3 is 2.58 bits per heavy atom. The first-order chi connectivity index (χ1) is 8.97. The number of nitrogens with two attached hydrogens (primary N) is 1. The van der Waals surface area contributed by atoms with E-state index in [4.69, 9.17) is 34.0 Å². The second kappa shape index (κ2) is 5.47. The van der Waals surface area contributed by atoms with Gasteiger partial charge in [0.1, 0.15) is 0 Å². The molecule has 0 aliphatic rings. The second-order valence-electron chi connectivity index (χ2n) is 3.94. The SMILES string of the molecule is Nc1ccc(CC(=O)O)nc1-c1ccc(Cl)c(Cl)c1. The first-order valence-electron chi connectivity index (χ1n) is 5.40. The molecule has 6 heteroatoms. The average Bonchev–Trinajstić information content (AvgIpc) is 2.34. The molecule has 0 saturated heterocycles. The van der Waals surface area contributed by atoms with E-state index in [0.29, 0.717) is 32.7 Å². The van der Waals surface area contributed by atoms with Gasteiger partial charge in [-0.25, -0.2) is 0 Å². The van der Waals surface area contributed by atoms with Gasteiger partial charge in [-0.3, -0.25) is 9.78 Å². The molecule has 19 heavy (non-hydrogen) atoms. The summed E-state index contributed by atoms with van der Waals surface area (Å²) in [6.45, 7) is 0. The predicted molar refractivity (Wildman–Crippen MR) is 75.4 cm³/mol. The Bertz CT molecular complexity index is 645. The van der Waals surface area contributed by atoms with Crippen LogP contribution in [-0.4, -0.2) is 16.1 Å². The molecular weight excluding hydrogens is 287 g/mol. The lowest BCUT2D eigenvalue weighted by atomic mass is 10.1. The molecule has 1 aromatic heterocycles. The summed E-state index contributed by atoms with van der Waals surface area (Å²) in [5.41, 5.74) is 7.93. The van der Waals surface area contributed by atoms with E-state index in [-0.39, 0.29) is 6.42 Å². The third-order valence-corrected chi connectivity index (χ3v) is 3.25. The number of aromatic nitrogens is 1. The van der Waals surface area contributed by atoms with Crippen molar-refractivity contribution in [1.82, 2.24) is 4.98 Å². The molecular formula is C13H10Cl2N2O2. The van der Waals surface area contributed by atoms with Crippen molar-refractivity contribution >= 4 is 34.9 Å². The minimum absolute atomic E-state index is 0.158. The molecule has 0 amide bonds. The Morgan fingerprint density at radius 2 is 1.95 bits per heavy atom. The predicted octanol–water partition coefficient (Wildman–Crippen LogP) is 3.26. The van der Waals surface area contributed by atoms with E-state index in [1.807, 2.05) is 0 Å². The number of carboxylic acids is 1. The topological polar surface area (TPSA) is 76.2 Å². The number of benzene rings is 1. The molecule has 2 rings (SSSR count). The Labute approximate surface area is 119 Å². The molecule has 0 aliphatic carbocycles. The number of aliphatic carboxylic acids is 1. The van der Waals surface area contributed by atoms with Crippen LogP contribution in [0.3, 0.4) is 0 Å². The first kappa shape index (κ1) is 13.6. The Kier molecular flexibility index (Phi) is 3.93. The van der Waals surface area contributed by atoms with Crippen LogP contribution in [0.1, 0.15) is 5.69 Å². The zero-order valence-corrected chi connectivity index (χ0v) is 11.2. The van der Waals surface area contributed by atoms with Gasteiger partial charge >= 0.3 is 5.97 Å². The monoisotopic (exact) mass is 296 g/mol. The van der Waals surface area contributed by atoms with Crippen LogP contribution < -0.4 is 5.73 Å². The molecule has 4 nitrogen and oxygen atoms in total. The van der Waals surface area contributed by atoms with Crippen molar-refractivity contribution in [2.24, 2.45) is 0 Å². The quantitative estimate of drug-likeness (QED) is 0.911. The molecule has 2 aromatic rings. The van der Waals surface area contributed by atoms with Gasteiger partial charge in [0.25, 0.3) is 0 Å². The molecule has 0 spiro atoms. The summed E-state index contributed by atoms with van der Waals surface area (Å²) in [4.78, 5) is 14.9. The van der Waals surface area contributed by atoms with Crippen LogP contribution in [-0.2, 0) is 11.2 Å². The van der Waals surface area contributed by atoms with Gasteiger partial charge in [0.2, 0.25) is 0 Å². The molecule has 0 bridgehead atoms. The highest BCUT2D eigenvalue weighted by Crippen LogP contribution is 2.30. The van der Waals surface area contributed by atoms with E-state index in [1.165, 1.54) is 0 Å². The van der Waals surface area contributed by atoms with Crippen LogP contribution in [0.5, 0.6) is 0 Å². The maximum Gasteiger partial charge on any atom is 0.309 e. The molecule has 0 unspecified atom stereocenters. The number of nitrogen functional groups attached to an aromatic ring is 1. The van der Waals surface area contributed by atoms with Crippen molar-refractivity contribution in [3.63, 3.8) is 0 Å². The zero-order chi connectivity index (χ0) is 14.0. The highest BCUT2D eigenvalue weighted by Gasteiger charge is 2.10. The Morgan fingerprint density at radius 1 is 1.21 bits per heavy atom. The van der Waals surface area contributed by atoms with Crippen LogP contribution in [0.2, 0.25) is 10.0 Å². The highest BCUT2D eigenvalue weighted by molar-refractivity contribution is 6.42. The van der Waals surface area contributed by atoms with Gasteiger partial charge in [-0.2, -0.15) is 0 Å². The number of rotatable bonds is 3. The molecule has 0 fully saturated rings. The minimum atomic E-state index is -0.947. The summed E-state index contributed by atoms with van der Waals surface area (Å²) in [6.07, 6.45) is -0.158. The summed E-state index contributed by atoms with van der Waals surface area (Å²) < 4.78 is 0. The van der Waals surface area contributed by atoms with Gasteiger partial charge in [-0.1, -0.05) is 29.3 Å². The van der Waals surface area contributed by atoms with Gasteiger partial charge in [-0.15, -0.1) is 0 Å². The standard InChI is InChI=1S/C13H10Cl2N2O2/c14-9-3-1-7(5-10(9)15)13-11(16)4-2-8(17-13)6-12(18)19/h1-5H,6,16H2,(H,18,19). The van der Waals surface area contributed by atoms with Gasteiger partial charge in [0.15, 0.2) is 0 Å². The molecule has 0 saturated carbocycles. The van der Waals surface area contributed by atoms with E-state index >= 15 is 0 Å². The average molecular weight is 297 g/mol. The van der Waals surface area contributed by atoms with E-state index in [0.717, 1.165) is 0 Å². The molecule has 3 N–H and O–H groups in total. The van der Waals surface area contributed by atoms with E-state index < -0.39 is 5.97 Å². The zero-order valence-electron chi connectivity index (χ0n) is 9.73. The van der Waals surface area contributed by atoms with Crippen molar-refractivity contribution in [2.75, 3.05) is 5.73 Å². The van der Waals surface area contributed by atoms with E-state index in [1.54, 1.807) is 30.3 Å². The normalized spacial score (nSPS) is 10.4. The van der Waals surface area contributed by atoms with Crippen LogP contribution in [0.4, 0.5) is 5.69 Å². The van der Waals surface area contributed by atoms with Crippen LogP contribution in [0.25, 0.3) is 11.3 Å². The number of carbonyl (C=O) groups is 1. The lowest BCUT2D eigenvalue weighted by molar-refractivity contribution is -0.136. The highest BCUT2D eigenvalue weighted by atomic mass is 35.5. The number of hydrogen-bond acceptors (Lipinski definition) is 3. The molecule has 0 aliphatic heterocycles. The molecule has 0 radical (unpaired) electrons. The summed E-state index contributed by atoms with van der Waals surface area (Å²) in [6, 6.07) is 8.24. The number of pyridine rings is 1. The van der Waals surface area contributed by atoms with Crippen molar-refractivity contribution in [3.8, 4) is 11.3 Å². The maximum atomic E-state index is 10.7. The lowest BCUT2D eigenvalue weighted by Gasteiger charge is -2.08. The second-order valence-corrected chi connectivity index (χ2v) is 4.75. The largest absolute Gasteiger partial charge is 0.481 e. The van der Waals surface area contributed by atoms with Gasteiger partial charge in [0, 0.05) is 5.56 Å². The fourth-order valence-corrected chi connectivity index (χ4v) is 1.94. The van der Waals surface area contributed by atoms with Crippen LogP contribution >= 0.6 is 23.2 Å². The third-order valence-electron chi connectivity index (χ3n) is 2.51. The number of hydrogen-bond donors (Lipinski definition) is 2. The van der Waals surface area contributed by atoms with Crippen molar-refractivity contribution < 1.29 is 9.90 Å². The van der Waals surface area contributed by atoms with Gasteiger partial charge in [-0.05, 0) is 24.3 Å². The summed E-state index contributed by atoms with van der Waals surface area (Å²) in [7, 11) is 0. The lowest BCUT2D eigenvalue weighted by Crippen LogP contribution is -2.04. The number of halogens is 2. The summed E-state index contributed by atoms with van der Waals surface area (Å²) >= 11 is 11.8. The van der Waals surface area contributed by atoms with Crippen LogP contribution in [0, 0.1) is 0 Å². The van der Waals surface area contributed by atoms with Crippen LogP contribution in [0.15, 0.2) is 30.3 Å². The van der Waals surface area contributed by atoms with E-state index in [2.05, 4.69) is 4.98 Å². The van der Waals surface area contributed by atoms with Crippen molar-refractivity contribution in [3.05, 3.63) is 46.1 Å². The number of anilines is 1. The third kappa shape index (κ3) is 3.16. The van der Waals surface area contributed by atoms with Gasteiger partial charge in [0.05, 0.1) is 33.5 Å². The molecule has 0 atom stereocenters. The smallest absolute Gasteiger partial charge is 0.309 e. The number of nitrogens with zero attached hydrogens (tertiary/aromatic N) is 1. The number of carboxylic acid groups (broad SMARTS) is 1. The fraction of sp³-hybridized carbons (Fsp3) is 0.0769. The van der Waals surface area contributed by atoms with E-state index in [9.17, 15) is 4.79 Å². The molecule has 1 aromatic carbocycles. The summed E-state index contributed by atoms with van der Waals surface area (Å²) in [5.74, 6) is -0.947. The fourth-order valence-electron chi connectivity index (χ4n) is 1.64.